The average Bonchev–Trinajstić information content (AvgIpc) is 3.04. The maximum absolute atomic E-state index is 13.1. The van der Waals surface area contributed by atoms with Gasteiger partial charge in [-0.15, -0.1) is 0 Å². The van der Waals surface area contributed by atoms with E-state index in [-0.39, 0.29) is 11.0 Å². The Hall–Kier alpha value is -2.05. The molecule has 0 bridgehead atoms. The lowest BCUT2D eigenvalue weighted by molar-refractivity contribution is 0.331. The van der Waals surface area contributed by atoms with E-state index in [0.717, 1.165) is 78.8 Å². The Bertz CT molecular complexity index is 1210. The van der Waals surface area contributed by atoms with Crippen LogP contribution in [0.1, 0.15) is 68.1 Å². The van der Waals surface area contributed by atoms with Crippen molar-refractivity contribution in [2.45, 2.75) is 56.3 Å². The van der Waals surface area contributed by atoms with Gasteiger partial charge in [0.25, 0.3) is 5.56 Å². The molecule has 30 heavy (non-hydrogen) atoms. The normalized spacial score (nSPS) is 20.4. The van der Waals surface area contributed by atoms with Crippen LogP contribution in [-0.4, -0.2) is 27.6 Å². The first-order chi connectivity index (χ1) is 14.7. The van der Waals surface area contributed by atoms with Crippen molar-refractivity contribution in [1.29, 1.82) is 0 Å². The molecule has 1 saturated heterocycles. The lowest BCUT2D eigenvalue weighted by atomic mass is 9.71. The van der Waals surface area contributed by atoms with E-state index in [2.05, 4.69) is 37.9 Å². The smallest absolute Gasteiger partial charge is 0.281 e. The minimum Gasteiger partial charge on any atom is -0.317 e. The number of hydrogen-bond acceptors (Lipinski definition) is 4. The highest BCUT2D eigenvalue weighted by Gasteiger charge is 2.48. The van der Waals surface area contributed by atoms with Gasteiger partial charge >= 0.3 is 0 Å². The summed E-state index contributed by atoms with van der Waals surface area (Å²) in [5.74, 6) is 1.42. The number of rotatable bonds is 1. The van der Waals surface area contributed by atoms with Crippen molar-refractivity contribution in [2.24, 2.45) is 0 Å². The third kappa shape index (κ3) is 2.59. The molecule has 5 nitrogen and oxygen atoms in total. The molecule has 4 heterocycles. The lowest BCUT2D eigenvalue weighted by Crippen LogP contribution is -2.33. The zero-order valence-corrected chi connectivity index (χ0v) is 18.5. The van der Waals surface area contributed by atoms with Crippen molar-refractivity contribution in [3.8, 4) is 5.69 Å². The molecule has 0 atom stereocenters. The Morgan fingerprint density at radius 1 is 1.03 bits per heavy atom. The molecule has 0 unspecified atom stereocenters. The van der Waals surface area contributed by atoms with Gasteiger partial charge in [0.1, 0.15) is 5.82 Å². The third-order valence-corrected chi connectivity index (χ3v) is 8.01. The molecule has 0 amide bonds. The zero-order chi connectivity index (χ0) is 20.3. The minimum absolute atomic E-state index is 0.139. The highest BCUT2D eigenvalue weighted by molar-refractivity contribution is 9.10. The van der Waals surface area contributed by atoms with Crippen molar-refractivity contribution in [2.75, 3.05) is 13.1 Å². The number of aromatic nitrogens is 3. The van der Waals surface area contributed by atoms with Gasteiger partial charge in [0, 0.05) is 16.1 Å². The fraction of sp³-hybridized carbons (Fsp3) is 0.458. The number of pyridine rings is 1. The van der Waals surface area contributed by atoms with Crippen LogP contribution in [0.3, 0.4) is 0 Å². The molecule has 3 aliphatic rings. The second-order valence-electron chi connectivity index (χ2n) is 8.98. The fourth-order valence-electron chi connectivity index (χ4n) is 5.86. The SMILES string of the molecule is O=c1nc2n(c3cccc(Br)c13)-c1ccc(C3CCNCC3)nc1C21CCCCC1. The van der Waals surface area contributed by atoms with E-state index >= 15 is 0 Å². The summed E-state index contributed by atoms with van der Waals surface area (Å²) in [6.45, 7) is 2.12. The molecule has 1 aliphatic carbocycles. The molecule has 6 heteroatoms. The molecule has 1 spiro atoms. The minimum atomic E-state index is -0.230. The van der Waals surface area contributed by atoms with E-state index in [1.165, 1.54) is 12.1 Å². The molecular weight excluding hydrogens is 440 g/mol. The number of benzene rings is 1. The Balaban J connectivity index is 1.64. The van der Waals surface area contributed by atoms with Crippen LogP contribution < -0.4 is 10.9 Å². The first-order valence-electron chi connectivity index (χ1n) is 11.1. The van der Waals surface area contributed by atoms with Crippen LogP contribution in [0, 0.1) is 0 Å². The van der Waals surface area contributed by atoms with E-state index in [1.807, 2.05) is 18.2 Å². The topological polar surface area (TPSA) is 59.8 Å². The fourth-order valence-corrected chi connectivity index (χ4v) is 6.38. The predicted octanol–water partition coefficient (Wildman–Crippen LogP) is 4.57. The van der Waals surface area contributed by atoms with Crippen LogP contribution in [-0.2, 0) is 5.41 Å². The molecule has 2 fully saturated rings. The molecule has 2 aromatic heterocycles. The number of nitrogens with one attached hydrogen (secondary N) is 1. The Morgan fingerprint density at radius 2 is 1.83 bits per heavy atom. The van der Waals surface area contributed by atoms with Crippen molar-refractivity contribution >= 4 is 26.8 Å². The summed E-state index contributed by atoms with van der Waals surface area (Å²) in [5, 5.41) is 4.11. The van der Waals surface area contributed by atoms with Crippen LogP contribution in [0.2, 0.25) is 0 Å². The molecular formula is C24H25BrN4O. The van der Waals surface area contributed by atoms with Crippen LogP contribution in [0.25, 0.3) is 16.6 Å². The lowest BCUT2D eigenvalue weighted by Gasteiger charge is -2.33. The quantitative estimate of drug-likeness (QED) is 0.572. The first-order valence-corrected chi connectivity index (χ1v) is 11.9. The molecule has 154 valence electrons. The van der Waals surface area contributed by atoms with E-state index in [1.54, 1.807) is 0 Å². The summed E-state index contributed by atoms with van der Waals surface area (Å²) < 4.78 is 3.03. The summed E-state index contributed by atoms with van der Waals surface area (Å²) >= 11 is 3.57. The van der Waals surface area contributed by atoms with E-state index in [0.29, 0.717) is 11.3 Å². The Kier molecular flexibility index (Phi) is 4.36. The van der Waals surface area contributed by atoms with Gasteiger partial charge in [-0.1, -0.05) is 25.3 Å². The summed E-state index contributed by atoms with van der Waals surface area (Å²) in [6, 6.07) is 10.4. The number of piperidine rings is 1. The molecule has 1 saturated carbocycles. The number of hydrogen-bond donors (Lipinski definition) is 1. The van der Waals surface area contributed by atoms with Gasteiger partial charge < -0.3 is 5.32 Å². The van der Waals surface area contributed by atoms with Gasteiger partial charge in [-0.25, -0.2) is 0 Å². The van der Waals surface area contributed by atoms with Gasteiger partial charge in [0.2, 0.25) is 0 Å². The number of nitrogens with zero attached hydrogens (tertiary/aromatic N) is 3. The monoisotopic (exact) mass is 464 g/mol. The highest BCUT2D eigenvalue weighted by atomic mass is 79.9. The van der Waals surface area contributed by atoms with Gasteiger partial charge in [0.15, 0.2) is 0 Å². The second kappa shape index (κ2) is 6.99. The molecule has 0 radical (unpaired) electrons. The van der Waals surface area contributed by atoms with Gasteiger partial charge in [-0.05, 0) is 79.0 Å². The Labute approximate surface area is 184 Å². The van der Waals surface area contributed by atoms with Crippen molar-refractivity contribution < 1.29 is 0 Å². The maximum atomic E-state index is 13.1. The van der Waals surface area contributed by atoms with Crippen LogP contribution in [0.5, 0.6) is 0 Å². The highest BCUT2D eigenvalue weighted by Crippen LogP contribution is 2.51. The van der Waals surface area contributed by atoms with Crippen LogP contribution in [0.15, 0.2) is 39.6 Å². The first kappa shape index (κ1) is 18.7. The van der Waals surface area contributed by atoms with Crippen molar-refractivity contribution in [1.82, 2.24) is 19.9 Å². The standard InChI is InChI=1S/C24H25BrN4O/c25-16-5-4-6-18-20(16)22(30)28-23-24(11-2-1-3-12-24)21-19(29(18)23)8-7-17(27-21)15-9-13-26-14-10-15/h4-8,15,26H,1-3,9-14H2. The van der Waals surface area contributed by atoms with Gasteiger partial charge in [0.05, 0.1) is 27.7 Å². The molecule has 1 aromatic carbocycles. The Morgan fingerprint density at radius 3 is 2.63 bits per heavy atom. The average molecular weight is 465 g/mol. The maximum Gasteiger partial charge on any atom is 0.281 e. The second-order valence-corrected chi connectivity index (χ2v) is 9.84. The van der Waals surface area contributed by atoms with Crippen LogP contribution >= 0.6 is 15.9 Å². The summed E-state index contributed by atoms with van der Waals surface area (Å²) in [5.41, 5.74) is 4.03. The molecule has 1 N–H and O–H groups in total. The summed E-state index contributed by atoms with van der Waals surface area (Å²) in [4.78, 5) is 23.1. The largest absolute Gasteiger partial charge is 0.317 e. The molecule has 3 aromatic rings. The van der Waals surface area contributed by atoms with Crippen molar-refractivity contribution in [3.63, 3.8) is 0 Å². The molecule has 2 aliphatic heterocycles. The van der Waals surface area contributed by atoms with E-state index in [9.17, 15) is 4.79 Å². The summed E-state index contributed by atoms with van der Waals surface area (Å²) in [7, 11) is 0. The van der Waals surface area contributed by atoms with Gasteiger partial charge in [-0.2, -0.15) is 4.98 Å². The summed E-state index contributed by atoms with van der Waals surface area (Å²) in [6.07, 6.45) is 7.88. The van der Waals surface area contributed by atoms with Gasteiger partial charge in [-0.3, -0.25) is 14.3 Å². The number of halogens is 1. The van der Waals surface area contributed by atoms with Crippen LogP contribution in [0.4, 0.5) is 0 Å². The third-order valence-electron chi connectivity index (χ3n) is 7.35. The predicted molar refractivity (Wildman–Crippen MR) is 122 cm³/mol. The van der Waals surface area contributed by atoms with E-state index in [4.69, 9.17) is 9.97 Å². The number of fused-ring (bicyclic) bond motifs is 7. The van der Waals surface area contributed by atoms with E-state index < -0.39 is 0 Å². The molecule has 6 rings (SSSR count). The zero-order valence-electron chi connectivity index (χ0n) is 17.0. The van der Waals surface area contributed by atoms with Crippen molar-refractivity contribution in [3.05, 3.63) is 62.4 Å².